The molecule has 3 heteroatoms. The lowest BCUT2D eigenvalue weighted by molar-refractivity contribution is 0.0911. The third kappa shape index (κ3) is 4.61. The fourth-order valence-electron chi connectivity index (χ4n) is 3.18. The summed E-state index contributed by atoms with van der Waals surface area (Å²) in [6.45, 7) is 4.35. The molecule has 3 nitrogen and oxygen atoms in total. The van der Waals surface area contributed by atoms with Crippen molar-refractivity contribution in [1.29, 1.82) is 0 Å². The Morgan fingerprint density at radius 2 is 1.81 bits per heavy atom. The number of rotatable bonds is 2. The van der Waals surface area contributed by atoms with E-state index in [1.165, 1.54) is 6.42 Å². The van der Waals surface area contributed by atoms with Gasteiger partial charge in [-0.05, 0) is 55.4 Å². The first-order valence-corrected chi connectivity index (χ1v) is 7.59. The normalized spacial score (nSPS) is 24.8. The average molecular weight is 285 g/mol. The van der Waals surface area contributed by atoms with Crippen molar-refractivity contribution in [2.75, 3.05) is 6.61 Å². The number of carbonyl (C=O) groups excluding carboxylic acids is 1. The summed E-state index contributed by atoms with van der Waals surface area (Å²) in [4.78, 5) is 12.3. The minimum Gasteiger partial charge on any atom is -0.384 e. The molecule has 2 rings (SSSR count). The molecular weight excluding hydrogens is 262 g/mol. The van der Waals surface area contributed by atoms with Crippen molar-refractivity contribution in [3.8, 4) is 11.8 Å². The summed E-state index contributed by atoms with van der Waals surface area (Å²) in [5, 5.41) is 11.8. The second-order valence-corrected chi connectivity index (χ2v) is 6.13. The van der Waals surface area contributed by atoms with Gasteiger partial charge in [-0.15, -0.1) is 0 Å². The van der Waals surface area contributed by atoms with Crippen molar-refractivity contribution in [2.24, 2.45) is 11.8 Å². The molecule has 0 bridgehead atoms. The largest absolute Gasteiger partial charge is 0.384 e. The van der Waals surface area contributed by atoms with E-state index in [0.717, 1.165) is 18.4 Å². The Kier molecular flexibility index (Phi) is 5.41. The quantitative estimate of drug-likeness (QED) is 0.821. The number of aliphatic hydroxyl groups is 1. The van der Waals surface area contributed by atoms with E-state index < -0.39 is 0 Å². The van der Waals surface area contributed by atoms with Crippen LogP contribution in [-0.2, 0) is 0 Å². The highest BCUT2D eigenvalue weighted by Crippen LogP contribution is 2.28. The Balaban J connectivity index is 1.96. The average Bonchev–Trinajstić information content (AvgIpc) is 2.44. The Hall–Kier alpha value is -1.79. The fraction of sp³-hybridized carbons (Fsp3) is 0.500. The van der Waals surface area contributed by atoms with Crippen molar-refractivity contribution in [3.63, 3.8) is 0 Å². The van der Waals surface area contributed by atoms with Crippen LogP contribution in [0.5, 0.6) is 0 Å². The molecule has 1 aliphatic rings. The first-order valence-electron chi connectivity index (χ1n) is 7.59. The van der Waals surface area contributed by atoms with E-state index in [-0.39, 0.29) is 18.6 Å². The molecule has 1 saturated carbocycles. The van der Waals surface area contributed by atoms with Crippen LogP contribution in [0.4, 0.5) is 0 Å². The number of carbonyl (C=O) groups is 1. The van der Waals surface area contributed by atoms with Crippen LogP contribution in [0.15, 0.2) is 24.3 Å². The molecule has 1 fully saturated rings. The van der Waals surface area contributed by atoms with Crippen molar-refractivity contribution in [2.45, 2.75) is 39.2 Å². The summed E-state index contributed by atoms with van der Waals surface area (Å²) in [6, 6.07) is 7.47. The highest BCUT2D eigenvalue weighted by molar-refractivity contribution is 5.94. The zero-order valence-corrected chi connectivity index (χ0v) is 12.7. The van der Waals surface area contributed by atoms with E-state index in [1.54, 1.807) is 12.1 Å². The molecule has 1 aromatic rings. The molecule has 0 aliphatic heterocycles. The molecule has 0 heterocycles. The van der Waals surface area contributed by atoms with E-state index in [1.807, 2.05) is 12.1 Å². The highest BCUT2D eigenvalue weighted by Gasteiger charge is 2.25. The van der Waals surface area contributed by atoms with Gasteiger partial charge in [0.1, 0.15) is 6.61 Å². The van der Waals surface area contributed by atoms with Gasteiger partial charge in [0.05, 0.1) is 0 Å². The third-order valence-electron chi connectivity index (χ3n) is 3.97. The van der Waals surface area contributed by atoms with Crippen molar-refractivity contribution >= 4 is 5.91 Å². The molecule has 2 N–H and O–H groups in total. The standard InChI is InChI=1S/C18H23NO2/c1-13-10-14(2)12-17(11-13)19-18(21)16-7-5-15(6-8-16)4-3-9-20/h5-8,13-14,17,20H,9-12H2,1-2H3,(H,19,21). The van der Waals surface area contributed by atoms with Gasteiger partial charge in [0, 0.05) is 17.2 Å². The summed E-state index contributed by atoms with van der Waals surface area (Å²) < 4.78 is 0. The molecular formula is C18H23NO2. The molecule has 21 heavy (non-hydrogen) atoms. The minimum absolute atomic E-state index is 0.0111. The summed E-state index contributed by atoms with van der Waals surface area (Å²) in [5.41, 5.74) is 1.47. The zero-order valence-electron chi connectivity index (χ0n) is 12.7. The topological polar surface area (TPSA) is 49.3 Å². The minimum atomic E-state index is -0.152. The second kappa shape index (κ2) is 7.28. The summed E-state index contributed by atoms with van der Waals surface area (Å²) in [6.07, 6.45) is 3.39. The fourth-order valence-corrected chi connectivity index (χ4v) is 3.18. The monoisotopic (exact) mass is 285 g/mol. The van der Waals surface area contributed by atoms with Crippen LogP contribution in [0.2, 0.25) is 0 Å². The molecule has 1 aliphatic carbocycles. The van der Waals surface area contributed by atoms with Crippen LogP contribution in [0.1, 0.15) is 49.0 Å². The Bertz CT molecular complexity index is 529. The number of nitrogens with one attached hydrogen (secondary N) is 1. The molecule has 112 valence electrons. The van der Waals surface area contributed by atoms with Crippen molar-refractivity contribution in [3.05, 3.63) is 35.4 Å². The molecule has 0 saturated heterocycles. The van der Waals surface area contributed by atoms with Gasteiger partial charge < -0.3 is 10.4 Å². The van der Waals surface area contributed by atoms with Crippen molar-refractivity contribution < 1.29 is 9.90 Å². The van der Waals surface area contributed by atoms with E-state index in [0.29, 0.717) is 17.4 Å². The maximum atomic E-state index is 12.3. The number of hydrogen-bond acceptors (Lipinski definition) is 2. The lowest BCUT2D eigenvalue weighted by Crippen LogP contribution is -2.40. The van der Waals surface area contributed by atoms with Crippen LogP contribution in [0.25, 0.3) is 0 Å². The smallest absolute Gasteiger partial charge is 0.251 e. The molecule has 2 atom stereocenters. The summed E-state index contributed by atoms with van der Waals surface area (Å²) in [7, 11) is 0. The lowest BCUT2D eigenvalue weighted by Gasteiger charge is -2.31. The van der Waals surface area contributed by atoms with Gasteiger partial charge in [0.25, 0.3) is 5.91 Å². The van der Waals surface area contributed by atoms with Gasteiger partial charge in [-0.25, -0.2) is 0 Å². The maximum Gasteiger partial charge on any atom is 0.251 e. The van der Waals surface area contributed by atoms with E-state index >= 15 is 0 Å². The predicted molar refractivity (Wildman–Crippen MR) is 83.8 cm³/mol. The predicted octanol–water partition coefficient (Wildman–Crippen LogP) is 2.58. The van der Waals surface area contributed by atoms with Gasteiger partial charge >= 0.3 is 0 Å². The van der Waals surface area contributed by atoms with Gasteiger partial charge in [-0.3, -0.25) is 4.79 Å². The maximum absolute atomic E-state index is 12.3. The zero-order chi connectivity index (χ0) is 15.2. The van der Waals surface area contributed by atoms with Crippen molar-refractivity contribution in [1.82, 2.24) is 5.32 Å². The Morgan fingerprint density at radius 3 is 2.38 bits per heavy atom. The number of hydrogen-bond donors (Lipinski definition) is 2. The first kappa shape index (κ1) is 15.6. The molecule has 0 radical (unpaired) electrons. The summed E-state index contributed by atoms with van der Waals surface area (Å²) >= 11 is 0. The molecule has 1 amide bonds. The van der Waals surface area contributed by atoms with Crippen LogP contribution in [0.3, 0.4) is 0 Å². The van der Waals surface area contributed by atoms with Crippen LogP contribution in [0, 0.1) is 23.7 Å². The van der Waals surface area contributed by atoms with E-state index in [9.17, 15) is 4.79 Å². The Morgan fingerprint density at radius 1 is 1.19 bits per heavy atom. The Labute approximate surface area is 126 Å². The first-order chi connectivity index (χ1) is 10.1. The number of benzene rings is 1. The van der Waals surface area contributed by atoms with Gasteiger partial charge in [-0.2, -0.15) is 0 Å². The molecule has 0 aromatic heterocycles. The SMILES string of the molecule is CC1CC(C)CC(NC(=O)c2ccc(C#CCO)cc2)C1. The van der Waals surface area contributed by atoms with E-state index in [4.69, 9.17) is 5.11 Å². The third-order valence-corrected chi connectivity index (χ3v) is 3.97. The van der Waals surface area contributed by atoms with Crippen LogP contribution in [-0.4, -0.2) is 23.7 Å². The highest BCUT2D eigenvalue weighted by atomic mass is 16.2. The lowest BCUT2D eigenvalue weighted by atomic mass is 9.80. The number of amides is 1. The molecule has 0 spiro atoms. The van der Waals surface area contributed by atoms with Gasteiger partial charge in [-0.1, -0.05) is 25.7 Å². The van der Waals surface area contributed by atoms with Crippen LogP contribution < -0.4 is 5.32 Å². The van der Waals surface area contributed by atoms with E-state index in [2.05, 4.69) is 31.0 Å². The van der Waals surface area contributed by atoms with Gasteiger partial charge in [0.15, 0.2) is 0 Å². The second-order valence-electron chi connectivity index (χ2n) is 6.13. The molecule has 1 aromatic carbocycles. The summed E-state index contributed by atoms with van der Waals surface area (Å²) in [5.74, 6) is 6.76. The molecule has 2 unspecified atom stereocenters. The van der Waals surface area contributed by atoms with Gasteiger partial charge in [0.2, 0.25) is 0 Å². The van der Waals surface area contributed by atoms with Crippen LogP contribution >= 0.6 is 0 Å². The number of aliphatic hydroxyl groups excluding tert-OH is 1.